The van der Waals surface area contributed by atoms with E-state index in [-0.39, 0.29) is 29.6 Å². The molecule has 1 unspecified atom stereocenters. The van der Waals surface area contributed by atoms with Crippen LogP contribution in [-0.4, -0.2) is 51.8 Å². The van der Waals surface area contributed by atoms with Crippen LogP contribution in [0.25, 0.3) is 5.57 Å². The Kier molecular flexibility index (Phi) is 6.48. The maximum Gasteiger partial charge on any atom is 0.416 e. The SMILES string of the molecule is Cc1nsc(N2CC[C@@H](NC3N=C4C(c5cc(C(F)(F)F)cc(C(F)(F)F)c5)=CC=CN4N3)[C@@H](F)C2)n1. The highest BCUT2D eigenvalue weighted by atomic mass is 32.1. The molecule has 3 aliphatic heterocycles. The van der Waals surface area contributed by atoms with Gasteiger partial charge in [0.15, 0.2) is 12.1 Å². The van der Waals surface area contributed by atoms with E-state index in [4.69, 9.17) is 0 Å². The smallest absolute Gasteiger partial charge is 0.344 e. The fourth-order valence-electron chi connectivity index (χ4n) is 4.31. The Morgan fingerprint density at radius 2 is 1.78 bits per heavy atom. The topological polar surface area (TPSA) is 68.7 Å². The van der Waals surface area contributed by atoms with Gasteiger partial charge >= 0.3 is 12.4 Å². The zero-order valence-corrected chi connectivity index (χ0v) is 19.9. The van der Waals surface area contributed by atoms with E-state index in [0.717, 1.165) is 0 Å². The summed E-state index contributed by atoms with van der Waals surface area (Å²) in [4.78, 5) is 10.5. The number of fused-ring (bicyclic) bond motifs is 1. The number of rotatable bonds is 4. The van der Waals surface area contributed by atoms with Crippen molar-refractivity contribution in [3.05, 3.63) is 59.1 Å². The van der Waals surface area contributed by atoms with Crippen molar-refractivity contribution in [3.63, 3.8) is 0 Å². The van der Waals surface area contributed by atoms with E-state index >= 15 is 0 Å². The first-order chi connectivity index (χ1) is 17.4. The van der Waals surface area contributed by atoms with E-state index in [1.54, 1.807) is 11.8 Å². The number of aryl methyl sites for hydroxylation is 1. The number of benzene rings is 1. The molecule has 37 heavy (non-hydrogen) atoms. The molecule has 0 amide bonds. The van der Waals surface area contributed by atoms with Gasteiger partial charge < -0.3 is 4.90 Å². The molecular weight excluding hydrogens is 527 g/mol. The lowest BCUT2D eigenvalue weighted by atomic mass is 9.97. The Hall–Kier alpha value is -3.04. The number of piperidine rings is 1. The maximum absolute atomic E-state index is 15.0. The minimum atomic E-state index is -4.97. The van der Waals surface area contributed by atoms with Gasteiger partial charge in [-0.15, -0.1) is 0 Å². The molecule has 1 aromatic carbocycles. The van der Waals surface area contributed by atoms with Crippen molar-refractivity contribution >= 4 is 28.1 Å². The molecule has 1 saturated heterocycles. The van der Waals surface area contributed by atoms with Crippen LogP contribution in [-0.2, 0) is 12.4 Å². The van der Waals surface area contributed by atoms with E-state index in [2.05, 4.69) is 25.1 Å². The quantitative estimate of drug-likeness (QED) is 0.550. The Balaban J connectivity index is 1.35. The number of nitrogens with one attached hydrogen (secondary N) is 2. The van der Waals surface area contributed by atoms with E-state index in [0.29, 0.717) is 36.1 Å². The zero-order chi connectivity index (χ0) is 26.5. The summed E-state index contributed by atoms with van der Waals surface area (Å²) in [7, 11) is 0. The van der Waals surface area contributed by atoms with Crippen molar-refractivity contribution in [3.8, 4) is 0 Å². The Morgan fingerprint density at radius 1 is 1.08 bits per heavy atom. The van der Waals surface area contributed by atoms with Gasteiger partial charge in [-0.1, -0.05) is 0 Å². The summed E-state index contributed by atoms with van der Waals surface area (Å²) < 4.78 is 99.3. The van der Waals surface area contributed by atoms with Crippen molar-refractivity contribution in [1.82, 2.24) is 25.1 Å². The Bertz CT molecular complexity index is 1230. The summed E-state index contributed by atoms with van der Waals surface area (Å²) in [6, 6.07) is 0.806. The highest BCUT2D eigenvalue weighted by molar-refractivity contribution is 7.09. The highest BCUT2D eigenvalue weighted by Crippen LogP contribution is 2.38. The van der Waals surface area contributed by atoms with Crippen molar-refractivity contribution in [2.24, 2.45) is 4.99 Å². The molecule has 0 bridgehead atoms. The number of allylic oxidation sites excluding steroid dienone is 2. The number of halogens is 7. The van der Waals surface area contributed by atoms with Gasteiger partial charge in [0, 0.05) is 35.9 Å². The molecule has 2 aromatic rings. The molecule has 2 N–H and O–H groups in total. The monoisotopic (exact) mass is 547 g/mol. The average molecular weight is 548 g/mol. The summed E-state index contributed by atoms with van der Waals surface area (Å²) in [5, 5.41) is 5.06. The standard InChI is InChI=1S/C22H20F7N7S/c1-11-30-20(37-34-11)35-6-4-17(16(23)10-35)31-19-32-18-15(3-2-5-36(18)33-19)12-7-13(21(24,25)26)9-14(8-12)22(27,28)29/h2-3,5,7-9,16-17,19,31,33H,4,6,10H2,1H3/t16-,17+,19?/m0/s1. The van der Waals surface area contributed by atoms with Gasteiger partial charge in [0.2, 0.25) is 5.13 Å². The first kappa shape index (κ1) is 25.6. The van der Waals surface area contributed by atoms with Gasteiger partial charge in [-0.25, -0.2) is 14.4 Å². The van der Waals surface area contributed by atoms with Gasteiger partial charge in [0.1, 0.15) is 12.0 Å². The van der Waals surface area contributed by atoms with Crippen LogP contribution in [0.2, 0.25) is 0 Å². The molecule has 3 atom stereocenters. The van der Waals surface area contributed by atoms with E-state index in [9.17, 15) is 30.7 Å². The fraction of sp³-hybridized carbons (Fsp3) is 0.409. The summed E-state index contributed by atoms with van der Waals surface area (Å²) >= 11 is 1.19. The number of alkyl halides is 7. The third kappa shape index (κ3) is 5.33. The minimum Gasteiger partial charge on any atom is -0.344 e. The second-order valence-electron chi connectivity index (χ2n) is 8.72. The third-order valence-electron chi connectivity index (χ3n) is 6.08. The highest BCUT2D eigenvalue weighted by Gasteiger charge is 2.39. The lowest BCUT2D eigenvalue weighted by molar-refractivity contribution is -0.143. The minimum absolute atomic E-state index is 0.0640. The van der Waals surface area contributed by atoms with Crippen LogP contribution >= 0.6 is 11.5 Å². The number of hydrazine groups is 1. The third-order valence-corrected chi connectivity index (χ3v) is 6.95. The normalized spacial score (nSPS) is 24.3. The van der Waals surface area contributed by atoms with Crippen LogP contribution in [0, 0.1) is 6.92 Å². The zero-order valence-electron chi connectivity index (χ0n) is 19.1. The number of anilines is 1. The summed E-state index contributed by atoms with van der Waals surface area (Å²) in [6.07, 6.45) is -7.27. The van der Waals surface area contributed by atoms with Crippen LogP contribution in [0.1, 0.15) is 28.9 Å². The molecule has 7 nitrogen and oxygen atoms in total. The van der Waals surface area contributed by atoms with Crippen LogP contribution in [0.3, 0.4) is 0 Å². The summed E-state index contributed by atoms with van der Waals surface area (Å²) in [5.41, 5.74) is -0.120. The van der Waals surface area contributed by atoms with Crippen LogP contribution < -0.4 is 15.6 Å². The second kappa shape index (κ2) is 9.36. The maximum atomic E-state index is 15.0. The van der Waals surface area contributed by atoms with Crippen LogP contribution in [0.5, 0.6) is 0 Å². The van der Waals surface area contributed by atoms with E-state index in [1.807, 2.05) is 0 Å². The molecular formula is C22H20F7N7S. The molecule has 0 aliphatic carbocycles. The number of aromatic nitrogens is 2. The van der Waals surface area contributed by atoms with Gasteiger partial charge in [-0.3, -0.25) is 10.3 Å². The molecule has 1 fully saturated rings. The first-order valence-corrected chi connectivity index (χ1v) is 11.9. The molecule has 5 rings (SSSR count). The largest absolute Gasteiger partial charge is 0.416 e. The van der Waals surface area contributed by atoms with Crippen molar-refractivity contribution in [1.29, 1.82) is 0 Å². The molecule has 3 aliphatic rings. The van der Waals surface area contributed by atoms with Crippen molar-refractivity contribution in [2.75, 3.05) is 18.0 Å². The molecule has 0 spiro atoms. The van der Waals surface area contributed by atoms with Gasteiger partial charge in [0.25, 0.3) is 0 Å². The number of aliphatic imine (C=N–C) groups is 1. The lowest BCUT2D eigenvalue weighted by Gasteiger charge is -2.35. The number of hydrogen-bond donors (Lipinski definition) is 2. The summed E-state index contributed by atoms with van der Waals surface area (Å²) in [5.74, 6) is 0.725. The second-order valence-corrected chi connectivity index (χ2v) is 9.45. The molecule has 15 heteroatoms. The van der Waals surface area contributed by atoms with Crippen molar-refractivity contribution < 1.29 is 30.7 Å². The predicted octanol–water partition coefficient (Wildman–Crippen LogP) is 4.50. The fourth-order valence-corrected chi connectivity index (χ4v) is 5.02. The van der Waals surface area contributed by atoms with Crippen LogP contribution in [0.4, 0.5) is 35.9 Å². The van der Waals surface area contributed by atoms with Gasteiger partial charge in [-0.05, 0) is 49.3 Å². The van der Waals surface area contributed by atoms with E-state index < -0.39 is 42.0 Å². The number of hydrogen-bond acceptors (Lipinski definition) is 8. The molecule has 1 aromatic heterocycles. The number of amidine groups is 1. The van der Waals surface area contributed by atoms with Crippen molar-refractivity contribution in [2.45, 2.75) is 44.2 Å². The Labute approximate surface area is 210 Å². The molecule has 0 saturated carbocycles. The van der Waals surface area contributed by atoms with E-state index in [1.165, 1.54) is 34.9 Å². The first-order valence-electron chi connectivity index (χ1n) is 11.2. The lowest BCUT2D eigenvalue weighted by Crippen LogP contribution is -2.56. The number of nitrogens with zero attached hydrogens (tertiary/aromatic N) is 5. The van der Waals surface area contributed by atoms with Crippen LogP contribution in [0.15, 0.2) is 41.5 Å². The Morgan fingerprint density at radius 3 is 2.38 bits per heavy atom. The summed E-state index contributed by atoms with van der Waals surface area (Å²) in [6.45, 7) is 2.37. The molecule has 0 radical (unpaired) electrons. The average Bonchev–Trinajstić information content (AvgIpc) is 3.44. The van der Waals surface area contributed by atoms with Gasteiger partial charge in [0.05, 0.1) is 17.7 Å². The predicted molar refractivity (Wildman–Crippen MR) is 123 cm³/mol. The molecule has 4 heterocycles. The van der Waals surface area contributed by atoms with Gasteiger partial charge in [-0.2, -0.15) is 36.1 Å². The molecule has 198 valence electrons.